The van der Waals surface area contributed by atoms with Gasteiger partial charge in [0, 0.05) is 5.69 Å². The molecule has 0 unspecified atom stereocenters. The van der Waals surface area contributed by atoms with E-state index in [0.29, 0.717) is 0 Å². The van der Waals surface area contributed by atoms with Crippen molar-refractivity contribution in [2.24, 2.45) is 5.73 Å². The molecule has 1 atom stereocenters. The number of ether oxygens (including phenoxy) is 1. The Bertz CT molecular complexity index is 725. The molecule has 0 bridgehead atoms. The number of nitrogens with one attached hydrogen (secondary N) is 1. The average molecular weight is 351 g/mol. The quantitative estimate of drug-likeness (QED) is 0.785. The summed E-state index contributed by atoms with van der Waals surface area (Å²) in [6.07, 6.45) is -0.283. The number of hydrogen-bond donors (Lipinski definition) is 2. The Labute approximate surface area is 143 Å². The van der Waals surface area contributed by atoms with Crippen LogP contribution in [0, 0.1) is 5.82 Å². The summed E-state index contributed by atoms with van der Waals surface area (Å²) in [5.74, 6) is -1.87. The minimum absolute atomic E-state index is 0.0539. The molecule has 0 saturated carbocycles. The standard InChI is InChI=1S/C17H16ClFN2O3/c18-13-7-6-12(8-14(13)19)21-17(23)15(20)9-16(22)24-10-11-4-2-1-3-5-11/h1-8,15H,9-10,20H2,(H,21,23)/t15-/m0/s1. The number of benzene rings is 2. The van der Waals surface area contributed by atoms with E-state index < -0.39 is 23.7 Å². The summed E-state index contributed by atoms with van der Waals surface area (Å²) < 4.78 is 18.4. The molecule has 126 valence electrons. The van der Waals surface area contributed by atoms with E-state index in [1.54, 1.807) is 0 Å². The van der Waals surface area contributed by atoms with E-state index >= 15 is 0 Å². The molecule has 3 N–H and O–H groups in total. The predicted molar refractivity (Wildman–Crippen MR) is 88.9 cm³/mol. The van der Waals surface area contributed by atoms with E-state index in [2.05, 4.69) is 5.32 Å². The van der Waals surface area contributed by atoms with Crippen molar-refractivity contribution in [3.8, 4) is 0 Å². The summed E-state index contributed by atoms with van der Waals surface area (Å²) in [5.41, 5.74) is 6.71. The summed E-state index contributed by atoms with van der Waals surface area (Å²) in [6, 6.07) is 11.8. The van der Waals surface area contributed by atoms with Crippen molar-refractivity contribution in [1.29, 1.82) is 0 Å². The van der Waals surface area contributed by atoms with Crippen molar-refractivity contribution >= 4 is 29.2 Å². The second-order valence-corrected chi connectivity index (χ2v) is 5.48. The minimum atomic E-state index is -1.10. The molecule has 0 aliphatic carbocycles. The number of nitrogens with two attached hydrogens (primary N) is 1. The second kappa shape index (κ2) is 8.42. The van der Waals surface area contributed by atoms with Crippen LogP contribution in [0.2, 0.25) is 5.02 Å². The number of hydrogen-bond acceptors (Lipinski definition) is 4. The van der Waals surface area contributed by atoms with Gasteiger partial charge in [-0.15, -0.1) is 0 Å². The van der Waals surface area contributed by atoms with Crippen LogP contribution in [-0.2, 0) is 20.9 Å². The Morgan fingerprint density at radius 1 is 1.21 bits per heavy atom. The third-order valence-electron chi connectivity index (χ3n) is 3.15. The number of carbonyl (C=O) groups is 2. The highest BCUT2D eigenvalue weighted by Gasteiger charge is 2.19. The molecule has 0 fully saturated rings. The SMILES string of the molecule is N[C@@H](CC(=O)OCc1ccccc1)C(=O)Nc1ccc(Cl)c(F)c1. The van der Waals surface area contributed by atoms with Crippen molar-refractivity contribution in [2.75, 3.05) is 5.32 Å². The van der Waals surface area contributed by atoms with Crippen molar-refractivity contribution in [1.82, 2.24) is 0 Å². The minimum Gasteiger partial charge on any atom is -0.461 e. The molecular formula is C17H16ClFN2O3. The smallest absolute Gasteiger partial charge is 0.308 e. The Balaban J connectivity index is 1.82. The molecule has 24 heavy (non-hydrogen) atoms. The summed E-state index contributed by atoms with van der Waals surface area (Å²) in [7, 11) is 0. The van der Waals surface area contributed by atoms with Gasteiger partial charge < -0.3 is 15.8 Å². The van der Waals surface area contributed by atoms with Crippen LogP contribution in [0.3, 0.4) is 0 Å². The van der Waals surface area contributed by atoms with Crippen LogP contribution in [0.1, 0.15) is 12.0 Å². The van der Waals surface area contributed by atoms with Gasteiger partial charge in [0.25, 0.3) is 0 Å². The molecule has 2 aromatic carbocycles. The number of rotatable bonds is 6. The maximum absolute atomic E-state index is 13.3. The zero-order valence-corrected chi connectivity index (χ0v) is 13.4. The van der Waals surface area contributed by atoms with Crippen LogP contribution >= 0.6 is 11.6 Å². The van der Waals surface area contributed by atoms with Crippen LogP contribution < -0.4 is 11.1 Å². The molecule has 0 radical (unpaired) electrons. The first-order valence-electron chi connectivity index (χ1n) is 7.17. The average Bonchev–Trinajstić information content (AvgIpc) is 2.57. The van der Waals surface area contributed by atoms with Crippen LogP contribution in [0.4, 0.5) is 10.1 Å². The predicted octanol–water partition coefficient (Wildman–Crippen LogP) is 2.88. The lowest BCUT2D eigenvalue weighted by Crippen LogP contribution is -2.37. The van der Waals surface area contributed by atoms with E-state index in [0.717, 1.165) is 11.6 Å². The lowest BCUT2D eigenvalue weighted by atomic mass is 10.2. The molecule has 2 aromatic rings. The number of carbonyl (C=O) groups excluding carboxylic acids is 2. The largest absolute Gasteiger partial charge is 0.461 e. The summed E-state index contributed by atoms with van der Waals surface area (Å²) >= 11 is 5.56. The van der Waals surface area contributed by atoms with Gasteiger partial charge in [-0.05, 0) is 23.8 Å². The molecule has 2 rings (SSSR count). The number of anilines is 1. The van der Waals surface area contributed by atoms with Gasteiger partial charge in [-0.3, -0.25) is 9.59 Å². The fourth-order valence-electron chi connectivity index (χ4n) is 1.88. The molecule has 7 heteroatoms. The molecule has 5 nitrogen and oxygen atoms in total. The Morgan fingerprint density at radius 3 is 2.58 bits per heavy atom. The highest BCUT2D eigenvalue weighted by Crippen LogP contribution is 2.18. The first-order valence-corrected chi connectivity index (χ1v) is 7.54. The second-order valence-electron chi connectivity index (χ2n) is 5.08. The Kier molecular flexibility index (Phi) is 6.28. The number of amides is 1. The molecule has 0 aliphatic heterocycles. The van der Waals surface area contributed by atoms with Crippen molar-refractivity contribution in [2.45, 2.75) is 19.1 Å². The Morgan fingerprint density at radius 2 is 1.92 bits per heavy atom. The Hall–Kier alpha value is -2.44. The number of esters is 1. The molecule has 0 aromatic heterocycles. The van der Waals surface area contributed by atoms with Gasteiger partial charge in [0.05, 0.1) is 17.5 Å². The lowest BCUT2D eigenvalue weighted by Gasteiger charge is -2.12. The van der Waals surface area contributed by atoms with E-state index in [1.165, 1.54) is 12.1 Å². The van der Waals surface area contributed by atoms with Crippen LogP contribution in [0.15, 0.2) is 48.5 Å². The first-order chi connectivity index (χ1) is 11.5. The number of halogens is 2. The maximum Gasteiger partial charge on any atom is 0.308 e. The van der Waals surface area contributed by atoms with E-state index in [1.807, 2.05) is 30.3 Å². The zero-order chi connectivity index (χ0) is 17.5. The highest BCUT2D eigenvalue weighted by molar-refractivity contribution is 6.30. The zero-order valence-electron chi connectivity index (χ0n) is 12.7. The fourth-order valence-corrected chi connectivity index (χ4v) is 2.00. The first kappa shape index (κ1) is 17.9. The van der Waals surface area contributed by atoms with Crippen molar-refractivity contribution in [3.63, 3.8) is 0 Å². The molecule has 1 amide bonds. The lowest BCUT2D eigenvalue weighted by molar-refractivity contribution is -0.146. The topological polar surface area (TPSA) is 81.4 Å². The van der Waals surface area contributed by atoms with Gasteiger partial charge in [0.1, 0.15) is 12.4 Å². The van der Waals surface area contributed by atoms with Crippen LogP contribution in [0.25, 0.3) is 0 Å². The molecule has 0 spiro atoms. The van der Waals surface area contributed by atoms with Crippen LogP contribution in [0.5, 0.6) is 0 Å². The van der Waals surface area contributed by atoms with E-state index in [-0.39, 0.29) is 23.7 Å². The van der Waals surface area contributed by atoms with E-state index in [4.69, 9.17) is 22.1 Å². The van der Waals surface area contributed by atoms with Gasteiger partial charge in [0.15, 0.2) is 0 Å². The highest BCUT2D eigenvalue weighted by atomic mass is 35.5. The third-order valence-corrected chi connectivity index (χ3v) is 3.46. The van der Waals surface area contributed by atoms with Gasteiger partial charge in [0.2, 0.25) is 5.91 Å². The van der Waals surface area contributed by atoms with Crippen molar-refractivity contribution < 1.29 is 18.7 Å². The van der Waals surface area contributed by atoms with Gasteiger partial charge in [-0.2, -0.15) is 0 Å². The third kappa shape index (κ3) is 5.33. The van der Waals surface area contributed by atoms with Gasteiger partial charge in [-0.1, -0.05) is 41.9 Å². The normalized spacial score (nSPS) is 11.6. The van der Waals surface area contributed by atoms with Crippen LogP contribution in [-0.4, -0.2) is 17.9 Å². The summed E-state index contributed by atoms with van der Waals surface area (Å²) in [4.78, 5) is 23.6. The summed E-state index contributed by atoms with van der Waals surface area (Å²) in [5, 5.41) is 2.36. The molecule has 0 aliphatic rings. The van der Waals surface area contributed by atoms with Gasteiger partial charge in [-0.25, -0.2) is 4.39 Å². The van der Waals surface area contributed by atoms with Gasteiger partial charge >= 0.3 is 5.97 Å². The molecular weight excluding hydrogens is 335 g/mol. The van der Waals surface area contributed by atoms with E-state index in [9.17, 15) is 14.0 Å². The maximum atomic E-state index is 13.3. The molecule has 0 saturated heterocycles. The monoisotopic (exact) mass is 350 g/mol. The fraction of sp³-hybridized carbons (Fsp3) is 0.176. The summed E-state index contributed by atoms with van der Waals surface area (Å²) in [6.45, 7) is 0.108. The molecule has 0 heterocycles. The van der Waals surface area contributed by atoms with Crippen molar-refractivity contribution in [3.05, 3.63) is 64.9 Å².